The molecule has 1 rings (SSSR count). The Morgan fingerprint density at radius 1 is 1.41 bits per heavy atom. The minimum absolute atomic E-state index is 0.0484. The fourth-order valence-electron chi connectivity index (χ4n) is 1.11. The highest BCUT2D eigenvalue weighted by molar-refractivity contribution is 5.92. The van der Waals surface area contributed by atoms with Gasteiger partial charge in [-0.05, 0) is 19.1 Å². The Morgan fingerprint density at radius 2 is 2.12 bits per heavy atom. The van der Waals surface area contributed by atoms with Crippen molar-refractivity contribution in [1.29, 1.82) is 0 Å². The number of rotatable bonds is 4. The molecule has 17 heavy (non-hydrogen) atoms. The second-order valence-corrected chi connectivity index (χ2v) is 3.24. The fraction of sp³-hybridized carbons (Fsp3) is 0.400. The second-order valence-electron chi connectivity index (χ2n) is 3.24. The maximum Gasteiger partial charge on any atom is 0.405 e. The number of anilines is 1. The predicted octanol–water partition coefficient (Wildman–Crippen LogP) is 1.81. The van der Waals surface area contributed by atoms with Gasteiger partial charge in [-0.15, -0.1) is 0 Å². The van der Waals surface area contributed by atoms with Gasteiger partial charge in [0.15, 0.2) is 0 Å². The van der Waals surface area contributed by atoms with Crippen LogP contribution in [0.4, 0.5) is 19.0 Å². The average Bonchev–Trinajstić information content (AvgIpc) is 2.26. The minimum Gasteiger partial charge on any atom is -0.370 e. The highest BCUT2D eigenvalue weighted by Crippen LogP contribution is 2.12. The van der Waals surface area contributed by atoms with Gasteiger partial charge in [0.2, 0.25) is 0 Å². The van der Waals surface area contributed by atoms with Crippen LogP contribution < -0.4 is 10.6 Å². The molecule has 0 saturated carbocycles. The molecule has 1 aromatic heterocycles. The monoisotopic (exact) mass is 247 g/mol. The van der Waals surface area contributed by atoms with Crippen LogP contribution in [0.1, 0.15) is 17.4 Å². The van der Waals surface area contributed by atoms with Crippen molar-refractivity contribution in [2.24, 2.45) is 0 Å². The Kier molecular flexibility index (Phi) is 4.30. The van der Waals surface area contributed by atoms with Gasteiger partial charge in [-0.2, -0.15) is 13.2 Å². The molecule has 0 spiro atoms. The molecule has 0 saturated heterocycles. The fourth-order valence-corrected chi connectivity index (χ4v) is 1.11. The average molecular weight is 247 g/mol. The lowest BCUT2D eigenvalue weighted by Crippen LogP contribution is -2.34. The third kappa shape index (κ3) is 4.71. The molecule has 0 bridgehead atoms. The van der Waals surface area contributed by atoms with Crippen LogP contribution in [0.25, 0.3) is 0 Å². The van der Waals surface area contributed by atoms with Crippen molar-refractivity contribution >= 4 is 11.7 Å². The van der Waals surface area contributed by atoms with Gasteiger partial charge in [-0.3, -0.25) is 4.79 Å². The first-order valence-electron chi connectivity index (χ1n) is 4.98. The first-order chi connectivity index (χ1) is 7.92. The Labute approximate surface area is 96.2 Å². The van der Waals surface area contributed by atoms with Crippen LogP contribution >= 0.6 is 0 Å². The van der Waals surface area contributed by atoms with Crippen molar-refractivity contribution in [2.45, 2.75) is 13.1 Å². The third-order valence-electron chi connectivity index (χ3n) is 1.79. The van der Waals surface area contributed by atoms with Crippen molar-refractivity contribution < 1.29 is 18.0 Å². The summed E-state index contributed by atoms with van der Waals surface area (Å²) in [6, 6.07) is 4.53. The van der Waals surface area contributed by atoms with Crippen LogP contribution in [0.2, 0.25) is 0 Å². The SMILES string of the molecule is CCNc1cccc(C(=O)NCC(F)(F)F)n1. The van der Waals surface area contributed by atoms with Gasteiger partial charge >= 0.3 is 6.18 Å². The van der Waals surface area contributed by atoms with E-state index in [-0.39, 0.29) is 5.69 Å². The molecule has 2 N–H and O–H groups in total. The summed E-state index contributed by atoms with van der Waals surface area (Å²) >= 11 is 0. The van der Waals surface area contributed by atoms with E-state index in [0.717, 1.165) is 0 Å². The van der Waals surface area contributed by atoms with Gasteiger partial charge in [0, 0.05) is 6.54 Å². The van der Waals surface area contributed by atoms with Crippen molar-refractivity contribution in [3.63, 3.8) is 0 Å². The number of nitrogens with one attached hydrogen (secondary N) is 2. The van der Waals surface area contributed by atoms with Crippen LogP contribution in [0.5, 0.6) is 0 Å². The van der Waals surface area contributed by atoms with E-state index in [1.165, 1.54) is 6.07 Å². The third-order valence-corrected chi connectivity index (χ3v) is 1.79. The van der Waals surface area contributed by atoms with Gasteiger partial charge in [0.05, 0.1) is 0 Å². The summed E-state index contributed by atoms with van der Waals surface area (Å²) in [5.41, 5.74) is -0.0484. The van der Waals surface area contributed by atoms with Crippen LogP contribution in [-0.4, -0.2) is 30.2 Å². The van der Waals surface area contributed by atoms with E-state index >= 15 is 0 Å². The van der Waals surface area contributed by atoms with Gasteiger partial charge < -0.3 is 10.6 Å². The highest BCUT2D eigenvalue weighted by atomic mass is 19.4. The van der Waals surface area contributed by atoms with E-state index in [2.05, 4.69) is 10.3 Å². The second kappa shape index (κ2) is 5.51. The Hall–Kier alpha value is -1.79. The molecule has 94 valence electrons. The van der Waals surface area contributed by atoms with E-state index in [9.17, 15) is 18.0 Å². The molecule has 0 unspecified atom stereocenters. The maximum atomic E-state index is 11.9. The Morgan fingerprint density at radius 3 is 2.71 bits per heavy atom. The summed E-state index contributed by atoms with van der Waals surface area (Å²) in [6.07, 6.45) is -4.42. The van der Waals surface area contributed by atoms with Crippen LogP contribution in [0.15, 0.2) is 18.2 Å². The molecule has 1 heterocycles. The van der Waals surface area contributed by atoms with Crippen LogP contribution in [0.3, 0.4) is 0 Å². The Balaban J connectivity index is 2.65. The lowest BCUT2D eigenvalue weighted by molar-refractivity contribution is -0.123. The van der Waals surface area contributed by atoms with Crippen molar-refractivity contribution in [2.75, 3.05) is 18.4 Å². The minimum atomic E-state index is -4.42. The molecular weight excluding hydrogens is 235 g/mol. The number of hydrogen-bond acceptors (Lipinski definition) is 3. The number of hydrogen-bond donors (Lipinski definition) is 2. The molecule has 0 aliphatic carbocycles. The molecule has 7 heteroatoms. The zero-order chi connectivity index (χ0) is 12.9. The van der Waals surface area contributed by atoms with Gasteiger partial charge in [0.25, 0.3) is 5.91 Å². The lowest BCUT2D eigenvalue weighted by atomic mass is 10.3. The van der Waals surface area contributed by atoms with Crippen LogP contribution in [0, 0.1) is 0 Å². The summed E-state index contributed by atoms with van der Waals surface area (Å²) in [7, 11) is 0. The van der Waals surface area contributed by atoms with E-state index in [4.69, 9.17) is 0 Å². The summed E-state index contributed by atoms with van der Waals surface area (Å²) < 4.78 is 35.7. The molecule has 0 fully saturated rings. The largest absolute Gasteiger partial charge is 0.405 e. The van der Waals surface area contributed by atoms with Crippen molar-refractivity contribution in [1.82, 2.24) is 10.3 Å². The summed E-state index contributed by atoms with van der Waals surface area (Å²) in [5.74, 6) is -0.394. The van der Waals surface area contributed by atoms with Crippen molar-refractivity contribution in [3.8, 4) is 0 Å². The molecular formula is C10H12F3N3O. The Bertz CT molecular complexity index is 393. The standard InChI is InChI=1S/C10H12F3N3O/c1-2-14-8-5-3-4-7(16-8)9(17)15-6-10(11,12)13/h3-5H,2,6H2,1H3,(H,14,16)(H,15,17). The molecule has 0 radical (unpaired) electrons. The first-order valence-corrected chi connectivity index (χ1v) is 4.98. The zero-order valence-electron chi connectivity index (χ0n) is 9.14. The molecule has 0 aromatic carbocycles. The number of nitrogens with zero attached hydrogens (tertiary/aromatic N) is 1. The lowest BCUT2D eigenvalue weighted by Gasteiger charge is -2.08. The van der Waals surface area contributed by atoms with E-state index < -0.39 is 18.6 Å². The summed E-state index contributed by atoms with van der Waals surface area (Å²) in [6.45, 7) is 1.09. The van der Waals surface area contributed by atoms with Crippen molar-refractivity contribution in [3.05, 3.63) is 23.9 Å². The molecule has 0 aliphatic heterocycles. The number of carbonyl (C=O) groups is 1. The van der Waals surface area contributed by atoms with Gasteiger partial charge in [-0.1, -0.05) is 6.07 Å². The van der Waals surface area contributed by atoms with E-state index in [1.807, 2.05) is 6.92 Å². The molecule has 1 aromatic rings. The van der Waals surface area contributed by atoms with Gasteiger partial charge in [-0.25, -0.2) is 4.98 Å². The number of amides is 1. The number of carbonyl (C=O) groups excluding carboxylic acids is 1. The highest BCUT2D eigenvalue weighted by Gasteiger charge is 2.28. The number of aromatic nitrogens is 1. The molecule has 0 aliphatic rings. The van der Waals surface area contributed by atoms with E-state index in [1.54, 1.807) is 17.4 Å². The quantitative estimate of drug-likeness (QED) is 0.853. The van der Waals surface area contributed by atoms with Crippen LogP contribution in [-0.2, 0) is 0 Å². The molecule has 1 amide bonds. The zero-order valence-corrected chi connectivity index (χ0v) is 9.14. The molecule has 4 nitrogen and oxygen atoms in total. The topological polar surface area (TPSA) is 54.0 Å². The number of pyridine rings is 1. The predicted molar refractivity (Wildman–Crippen MR) is 56.8 cm³/mol. The maximum absolute atomic E-state index is 11.9. The van der Waals surface area contributed by atoms with Gasteiger partial charge in [0.1, 0.15) is 18.1 Å². The number of alkyl halides is 3. The summed E-state index contributed by atoms with van der Waals surface area (Å²) in [4.78, 5) is 15.2. The summed E-state index contributed by atoms with van der Waals surface area (Å²) in [5, 5.41) is 4.62. The molecule has 0 atom stereocenters. The normalized spacial score (nSPS) is 11.1. The number of halogens is 3. The first kappa shape index (κ1) is 13.3. The van der Waals surface area contributed by atoms with E-state index in [0.29, 0.717) is 12.4 Å². The smallest absolute Gasteiger partial charge is 0.370 e.